The van der Waals surface area contributed by atoms with E-state index in [1.54, 1.807) is 36.3 Å². The van der Waals surface area contributed by atoms with Crippen LogP contribution in [0.3, 0.4) is 0 Å². The SMILES string of the molecule is CN1C(=O)N(Cc2cccc(Cl)c2)C(=O)C2C1N=C1OC(c3ccccc3)=CN12. The van der Waals surface area contributed by atoms with Gasteiger partial charge >= 0.3 is 6.03 Å². The summed E-state index contributed by atoms with van der Waals surface area (Å²) in [4.78, 5) is 35.0. The minimum Gasteiger partial charge on any atom is -0.423 e. The highest BCUT2D eigenvalue weighted by Gasteiger charge is 2.54. The zero-order valence-electron chi connectivity index (χ0n) is 15.5. The number of aliphatic imine (C=N–C) groups is 1. The summed E-state index contributed by atoms with van der Waals surface area (Å²) in [6, 6.07) is 16.0. The highest BCUT2D eigenvalue weighted by Crippen LogP contribution is 2.35. The van der Waals surface area contributed by atoms with Gasteiger partial charge < -0.3 is 9.64 Å². The first-order chi connectivity index (χ1) is 14.0. The molecule has 3 aliphatic rings. The molecule has 1 fully saturated rings. The molecule has 0 radical (unpaired) electrons. The van der Waals surface area contributed by atoms with Crippen molar-refractivity contribution in [2.45, 2.75) is 18.8 Å². The molecule has 146 valence electrons. The fourth-order valence-electron chi connectivity index (χ4n) is 3.78. The van der Waals surface area contributed by atoms with Crippen molar-refractivity contribution in [3.63, 3.8) is 0 Å². The molecule has 29 heavy (non-hydrogen) atoms. The van der Waals surface area contributed by atoms with Crippen molar-refractivity contribution >= 4 is 35.3 Å². The monoisotopic (exact) mass is 408 g/mol. The molecule has 0 N–H and O–H groups in total. The summed E-state index contributed by atoms with van der Waals surface area (Å²) in [7, 11) is 1.64. The molecule has 3 heterocycles. The molecule has 0 spiro atoms. The number of benzene rings is 2. The van der Waals surface area contributed by atoms with Crippen molar-refractivity contribution in [3.8, 4) is 0 Å². The lowest BCUT2D eigenvalue weighted by atomic mass is 10.1. The number of likely N-dealkylation sites (N-methyl/N-ethyl adjacent to an activating group) is 1. The largest absolute Gasteiger partial charge is 0.423 e. The van der Waals surface area contributed by atoms with E-state index in [2.05, 4.69) is 4.99 Å². The number of imide groups is 1. The minimum absolute atomic E-state index is 0.144. The number of urea groups is 1. The molecule has 5 rings (SSSR count). The van der Waals surface area contributed by atoms with Crippen molar-refractivity contribution in [2.75, 3.05) is 7.05 Å². The van der Waals surface area contributed by atoms with Crippen LogP contribution in [0.15, 0.2) is 65.8 Å². The molecule has 7 nitrogen and oxygen atoms in total. The van der Waals surface area contributed by atoms with Crippen LogP contribution in [0.1, 0.15) is 11.1 Å². The smallest absolute Gasteiger partial charge is 0.328 e. The van der Waals surface area contributed by atoms with E-state index < -0.39 is 18.2 Å². The highest BCUT2D eigenvalue weighted by atomic mass is 35.5. The van der Waals surface area contributed by atoms with Crippen LogP contribution < -0.4 is 0 Å². The van der Waals surface area contributed by atoms with Gasteiger partial charge in [0, 0.05) is 17.6 Å². The minimum atomic E-state index is -0.659. The van der Waals surface area contributed by atoms with E-state index in [9.17, 15) is 9.59 Å². The number of fused-ring (bicyclic) bond motifs is 3. The Morgan fingerprint density at radius 3 is 2.66 bits per heavy atom. The molecule has 2 unspecified atom stereocenters. The second-order valence-electron chi connectivity index (χ2n) is 7.09. The Morgan fingerprint density at radius 2 is 1.90 bits per heavy atom. The van der Waals surface area contributed by atoms with Crippen LogP contribution in [0.4, 0.5) is 4.79 Å². The Kier molecular flexibility index (Phi) is 4.06. The summed E-state index contributed by atoms with van der Waals surface area (Å²) in [5, 5.41) is 0.556. The number of hydrogen-bond acceptors (Lipinski definition) is 5. The van der Waals surface area contributed by atoms with Crippen molar-refractivity contribution in [1.29, 1.82) is 0 Å². The lowest BCUT2D eigenvalue weighted by Gasteiger charge is -2.39. The Morgan fingerprint density at radius 1 is 1.10 bits per heavy atom. The molecule has 1 saturated heterocycles. The molecule has 0 aliphatic carbocycles. The third-order valence-corrected chi connectivity index (χ3v) is 5.47. The number of amidine groups is 1. The van der Waals surface area contributed by atoms with Crippen LogP contribution in [-0.2, 0) is 16.1 Å². The van der Waals surface area contributed by atoms with Crippen LogP contribution in [0.25, 0.3) is 5.76 Å². The third-order valence-electron chi connectivity index (χ3n) is 5.24. The van der Waals surface area contributed by atoms with E-state index in [1.807, 2.05) is 36.4 Å². The van der Waals surface area contributed by atoms with Crippen LogP contribution in [0.2, 0.25) is 5.02 Å². The number of amides is 3. The first-order valence-corrected chi connectivity index (χ1v) is 9.54. The van der Waals surface area contributed by atoms with Gasteiger partial charge in [0.05, 0.1) is 12.7 Å². The van der Waals surface area contributed by atoms with Crippen LogP contribution in [0, 0.1) is 0 Å². The highest BCUT2D eigenvalue weighted by molar-refractivity contribution is 6.30. The molecule has 2 aromatic carbocycles. The van der Waals surface area contributed by atoms with Gasteiger partial charge in [-0.15, -0.1) is 0 Å². The van der Waals surface area contributed by atoms with Crippen molar-refractivity contribution in [1.82, 2.24) is 14.7 Å². The van der Waals surface area contributed by atoms with Crippen molar-refractivity contribution in [3.05, 3.63) is 76.9 Å². The lowest BCUT2D eigenvalue weighted by Crippen LogP contribution is -2.63. The van der Waals surface area contributed by atoms with Gasteiger partial charge in [0.2, 0.25) is 0 Å². The average molecular weight is 409 g/mol. The van der Waals surface area contributed by atoms with Crippen molar-refractivity contribution in [2.24, 2.45) is 4.99 Å². The number of ether oxygens (including phenoxy) is 1. The number of halogens is 1. The fraction of sp³-hybridized carbons (Fsp3) is 0.190. The standard InChI is InChI=1S/C21H17ClN4O3/c1-24-18-17(19(27)26(21(24)28)11-13-6-5-9-15(22)10-13)25-12-16(29-20(25)23-18)14-7-3-2-4-8-14/h2-10,12,17-18H,11H2,1H3. The molecule has 2 atom stereocenters. The second-order valence-corrected chi connectivity index (χ2v) is 7.52. The maximum absolute atomic E-state index is 13.3. The fourth-order valence-corrected chi connectivity index (χ4v) is 3.99. The summed E-state index contributed by atoms with van der Waals surface area (Å²) in [5.74, 6) is 0.308. The predicted molar refractivity (Wildman–Crippen MR) is 108 cm³/mol. The quantitative estimate of drug-likeness (QED) is 0.782. The molecule has 8 heteroatoms. The molecule has 3 amide bonds. The van der Waals surface area contributed by atoms with Gasteiger partial charge in [-0.05, 0) is 17.7 Å². The topological polar surface area (TPSA) is 65.5 Å². The predicted octanol–water partition coefficient (Wildman–Crippen LogP) is 3.13. The molecule has 0 aromatic heterocycles. The molecule has 3 aliphatic heterocycles. The van der Waals surface area contributed by atoms with E-state index in [0.29, 0.717) is 16.8 Å². The number of nitrogens with zero attached hydrogens (tertiary/aromatic N) is 4. The molecular formula is C21H17ClN4O3. The van der Waals surface area contributed by atoms with E-state index in [1.165, 1.54) is 9.80 Å². The average Bonchev–Trinajstić information content (AvgIpc) is 3.28. The molecule has 2 aromatic rings. The Balaban J connectivity index is 1.45. The van der Waals surface area contributed by atoms with Gasteiger partial charge in [-0.25, -0.2) is 9.79 Å². The Bertz CT molecular complexity index is 1070. The summed E-state index contributed by atoms with van der Waals surface area (Å²) in [6.07, 6.45) is 1.16. The van der Waals surface area contributed by atoms with Crippen LogP contribution in [-0.4, -0.2) is 51.9 Å². The van der Waals surface area contributed by atoms with E-state index in [-0.39, 0.29) is 12.5 Å². The van der Waals surface area contributed by atoms with E-state index in [0.717, 1.165) is 11.1 Å². The normalized spacial score (nSPS) is 22.9. The van der Waals surface area contributed by atoms with Gasteiger partial charge in [0.1, 0.15) is 0 Å². The number of rotatable bonds is 3. The Hall–Kier alpha value is -3.32. The first-order valence-electron chi connectivity index (χ1n) is 9.17. The van der Waals surface area contributed by atoms with Gasteiger partial charge in [-0.2, -0.15) is 0 Å². The number of carbonyl (C=O) groups excluding carboxylic acids is 2. The molecule has 0 bridgehead atoms. The van der Waals surface area contributed by atoms with Crippen LogP contribution >= 0.6 is 11.6 Å². The summed E-state index contributed by atoms with van der Waals surface area (Å²) < 4.78 is 5.88. The summed E-state index contributed by atoms with van der Waals surface area (Å²) in [5.41, 5.74) is 1.67. The van der Waals surface area contributed by atoms with E-state index >= 15 is 0 Å². The maximum Gasteiger partial charge on any atom is 0.328 e. The second kappa shape index (κ2) is 6.63. The van der Waals surface area contributed by atoms with Gasteiger partial charge in [0.25, 0.3) is 11.9 Å². The lowest BCUT2D eigenvalue weighted by molar-refractivity contribution is -0.137. The zero-order valence-corrected chi connectivity index (χ0v) is 16.3. The third kappa shape index (κ3) is 2.86. The van der Waals surface area contributed by atoms with Gasteiger partial charge in [-0.3, -0.25) is 14.6 Å². The molecular weight excluding hydrogens is 392 g/mol. The summed E-state index contributed by atoms with van der Waals surface area (Å²) in [6.45, 7) is 0.144. The van der Waals surface area contributed by atoms with Gasteiger partial charge in [0.15, 0.2) is 18.0 Å². The maximum atomic E-state index is 13.3. The zero-order chi connectivity index (χ0) is 20.1. The van der Waals surface area contributed by atoms with Crippen molar-refractivity contribution < 1.29 is 14.3 Å². The van der Waals surface area contributed by atoms with Gasteiger partial charge in [-0.1, -0.05) is 54.1 Å². The van der Waals surface area contributed by atoms with Crippen LogP contribution in [0.5, 0.6) is 0 Å². The Labute approximate surface area is 172 Å². The van der Waals surface area contributed by atoms with E-state index in [4.69, 9.17) is 16.3 Å². The number of hydrogen-bond donors (Lipinski definition) is 0. The first kappa shape index (κ1) is 17.8. The molecule has 0 saturated carbocycles. The summed E-state index contributed by atoms with van der Waals surface area (Å²) >= 11 is 6.05. The number of carbonyl (C=O) groups is 2.